The molecule has 0 fully saturated rings. The Morgan fingerprint density at radius 3 is 0.989 bits per heavy atom. The lowest BCUT2D eigenvalue weighted by Gasteiger charge is -2.29. The number of hydrogen-bond donors (Lipinski definition) is 2. The number of quaternary nitrogens is 1. The van der Waals surface area contributed by atoms with Gasteiger partial charge in [-0.3, -0.25) is 9.36 Å². The molecule has 0 aromatic heterocycles. The highest BCUT2D eigenvalue weighted by Crippen LogP contribution is 2.38. The van der Waals surface area contributed by atoms with E-state index in [-0.39, 0.29) is 19.1 Å². The minimum absolute atomic E-state index is 0.00289. The van der Waals surface area contributed by atoms with Gasteiger partial charge < -0.3 is 28.8 Å². The summed E-state index contributed by atoms with van der Waals surface area (Å²) in [5, 5.41) is 14.0. The van der Waals surface area contributed by atoms with Crippen molar-refractivity contribution in [2.45, 2.75) is 373 Å². The first-order valence-electron chi connectivity index (χ1n) is 38.6. The predicted molar refractivity (Wildman–Crippen MR) is 394 cm³/mol. The van der Waals surface area contributed by atoms with Crippen molar-refractivity contribution >= 4 is 13.7 Å². The van der Waals surface area contributed by atoms with E-state index in [1.54, 1.807) is 6.08 Å². The van der Waals surface area contributed by atoms with Gasteiger partial charge in [0.2, 0.25) is 5.91 Å². The fourth-order valence-electron chi connectivity index (χ4n) is 11.4. The highest BCUT2D eigenvalue weighted by atomic mass is 31.2. The number of phosphoric acid groups is 1. The van der Waals surface area contributed by atoms with Crippen molar-refractivity contribution in [3.05, 3.63) is 97.2 Å². The molecule has 90 heavy (non-hydrogen) atoms. The second kappa shape index (κ2) is 70.7. The monoisotopic (exact) mass is 1280 g/mol. The molecule has 0 aromatic carbocycles. The minimum atomic E-state index is -4.61. The lowest BCUT2D eigenvalue weighted by molar-refractivity contribution is -0.870. The van der Waals surface area contributed by atoms with Gasteiger partial charge in [0, 0.05) is 6.42 Å². The van der Waals surface area contributed by atoms with E-state index in [0.29, 0.717) is 17.4 Å². The molecule has 0 spiro atoms. The Hall–Kier alpha value is -2.58. The number of allylic oxidation sites excluding steroid dienone is 15. The van der Waals surface area contributed by atoms with Crippen LogP contribution in [0.5, 0.6) is 0 Å². The standard InChI is InChI=1S/C81H149N2O6P/c1-6-8-10-12-14-16-18-20-22-24-26-28-30-32-34-36-38-39-40-41-42-43-45-47-49-51-53-55-57-59-61-63-65-67-69-71-73-75-81(85)82-79(78-89-90(86,87)88-77-76-83(3,4)5)80(84)74-72-70-68-66-64-62-60-58-56-54-52-50-48-46-44-37-35-33-31-29-27-25-23-21-19-17-15-13-11-9-7-2/h8,10,14,16,20,22,26,28,32,34,38-39,41-42,72,74,79-80,84H,6-7,9,11-13,15,17-19,21,23-25,27,29-31,33,35-37,40,43-71,73,75-78H2,1-5H3,(H-,82,85,86,87)/b10-8-,16-14-,22-20-,28-26-,34-32-,39-38-,42-41-,74-72+. The SMILES string of the molecule is CC/C=C\C/C=C\C/C=C\C/C=C\C/C=C\C/C=C\C/C=C\CCCCCCCCCCCCCCCCCC(=O)NC(COP(=O)([O-])OCC[N+](C)(C)C)C(O)/C=C/CCCCCCCCCCCCCCCCCCCCCCCCCCCCCCC. The van der Waals surface area contributed by atoms with Crippen molar-refractivity contribution in [1.82, 2.24) is 5.32 Å². The maximum absolute atomic E-state index is 13.1. The zero-order valence-electron chi connectivity index (χ0n) is 60.1. The topological polar surface area (TPSA) is 108 Å². The number of rotatable bonds is 71. The maximum atomic E-state index is 13.1. The van der Waals surface area contributed by atoms with E-state index in [9.17, 15) is 19.4 Å². The van der Waals surface area contributed by atoms with Crippen LogP contribution in [0.4, 0.5) is 0 Å². The number of aliphatic hydroxyl groups is 1. The molecule has 1 amide bonds. The van der Waals surface area contributed by atoms with Crippen LogP contribution in [0.3, 0.4) is 0 Å². The van der Waals surface area contributed by atoms with Crippen LogP contribution in [0.25, 0.3) is 0 Å². The van der Waals surface area contributed by atoms with Crippen LogP contribution in [0.1, 0.15) is 361 Å². The molecule has 0 rings (SSSR count). The molecule has 8 nitrogen and oxygen atoms in total. The van der Waals surface area contributed by atoms with Crippen molar-refractivity contribution < 1.29 is 32.9 Å². The van der Waals surface area contributed by atoms with Gasteiger partial charge in [0.15, 0.2) is 0 Å². The van der Waals surface area contributed by atoms with E-state index < -0.39 is 20.0 Å². The number of nitrogens with zero attached hydrogens (tertiary/aromatic N) is 1. The maximum Gasteiger partial charge on any atom is 0.268 e. The van der Waals surface area contributed by atoms with Crippen LogP contribution in [0, 0.1) is 0 Å². The van der Waals surface area contributed by atoms with E-state index in [1.807, 2.05) is 27.2 Å². The van der Waals surface area contributed by atoms with E-state index >= 15 is 0 Å². The first kappa shape index (κ1) is 87.4. The largest absolute Gasteiger partial charge is 0.756 e. The van der Waals surface area contributed by atoms with Gasteiger partial charge in [-0.25, -0.2) is 0 Å². The summed E-state index contributed by atoms with van der Waals surface area (Å²) >= 11 is 0. The molecule has 0 aliphatic heterocycles. The average molecular weight is 1280 g/mol. The summed E-state index contributed by atoms with van der Waals surface area (Å²) in [6, 6.07) is -0.893. The fourth-order valence-corrected chi connectivity index (χ4v) is 12.1. The Labute approximate surface area is 559 Å². The summed E-state index contributed by atoms with van der Waals surface area (Å²) < 4.78 is 23.5. The molecule has 524 valence electrons. The van der Waals surface area contributed by atoms with E-state index in [4.69, 9.17) is 9.05 Å². The zero-order valence-corrected chi connectivity index (χ0v) is 61.0. The van der Waals surface area contributed by atoms with Crippen LogP contribution in [-0.4, -0.2) is 68.5 Å². The number of carbonyl (C=O) groups excluding carboxylic acids is 1. The smallest absolute Gasteiger partial charge is 0.268 e. The van der Waals surface area contributed by atoms with Crippen LogP contribution in [-0.2, 0) is 18.4 Å². The number of carbonyl (C=O) groups is 1. The van der Waals surface area contributed by atoms with Crippen molar-refractivity contribution in [2.75, 3.05) is 40.9 Å². The molecule has 0 heterocycles. The quantitative estimate of drug-likeness (QED) is 0.0272. The number of aliphatic hydroxyl groups excluding tert-OH is 1. The summed E-state index contributed by atoms with van der Waals surface area (Å²) in [5.41, 5.74) is 0. The summed E-state index contributed by atoms with van der Waals surface area (Å²) in [5.74, 6) is -0.195. The molecule has 0 bridgehead atoms. The van der Waals surface area contributed by atoms with Gasteiger partial charge in [0.05, 0.1) is 39.9 Å². The Kier molecular flexibility index (Phi) is 68.7. The molecule has 0 aliphatic carbocycles. The lowest BCUT2D eigenvalue weighted by Crippen LogP contribution is -2.45. The van der Waals surface area contributed by atoms with Gasteiger partial charge >= 0.3 is 0 Å². The molecule has 0 saturated carbocycles. The number of nitrogens with one attached hydrogen (secondary N) is 1. The Bertz CT molecular complexity index is 1790. The second-order valence-electron chi connectivity index (χ2n) is 27.3. The molecule has 3 unspecified atom stereocenters. The summed E-state index contributed by atoms with van der Waals surface area (Å²) in [4.78, 5) is 25.7. The highest BCUT2D eigenvalue weighted by Gasteiger charge is 2.23. The third-order valence-corrected chi connectivity index (χ3v) is 18.3. The fraction of sp³-hybridized carbons (Fsp3) is 0.790. The van der Waals surface area contributed by atoms with Gasteiger partial charge in [-0.15, -0.1) is 0 Å². The van der Waals surface area contributed by atoms with Crippen molar-refractivity contribution in [1.29, 1.82) is 0 Å². The van der Waals surface area contributed by atoms with Gasteiger partial charge in [-0.1, -0.05) is 374 Å². The van der Waals surface area contributed by atoms with Gasteiger partial charge in [-0.05, 0) is 77.0 Å². The van der Waals surface area contributed by atoms with E-state index in [1.165, 1.54) is 257 Å². The van der Waals surface area contributed by atoms with Crippen molar-refractivity contribution in [2.24, 2.45) is 0 Å². The molecular weight excluding hydrogens is 1130 g/mol. The molecule has 9 heteroatoms. The molecule has 0 radical (unpaired) electrons. The third-order valence-electron chi connectivity index (χ3n) is 17.3. The van der Waals surface area contributed by atoms with Crippen LogP contribution < -0.4 is 10.2 Å². The number of unbranched alkanes of at least 4 members (excludes halogenated alkanes) is 44. The molecule has 0 aromatic rings. The van der Waals surface area contributed by atoms with E-state index in [2.05, 4.69) is 104 Å². The van der Waals surface area contributed by atoms with E-state index in [0.717, 1.165) is 83.5 Å². The van der Waals surface area contributed by atoms with Gasteiger partial charge in [0.1, 0.15) is 13.2 Å². The first-order valence-corrected chi connectivity index (χ1v) is 40.1. The number of amides is 1. The summed E-state index contributed by atoms with van der Waals surface area (Å²) in [6.07, 6.45) is 103. The molecule has 2 N–H and O–H groups in total. The zero-order chi connectivity index (χ0) is 65.5. The van der Waals surface area contributed by atoms with Gasteiger partial charge in [0.25, 0.3) is 7.82 Å². The van der Waals surface area contributed by atoms with Crippen LogP contribution in [0.15, 0.2) is 97.2 Å². The molecular formula is C81H149N2O6P. The Morgan fingerprint density at radius 2 is 0.678 bits per heavy atom. The molecule has 3 atom stereocenters. The average Bonchev–Trinajstić information content (AvgIpc) is 3.18. The van der Waals surface area contributed by atoms with Crippen molar-refractivity contribution in [3.8, 4) is 0 Å². The number of phosphoric ester groups is 1. The predicted octanol–water partition coefficient (Wildman–Crippen LogP) is 24.6. The summed E-state index contributed by atoms with van der Waals surface area (Å²) in [6.45, 7) is 4.58. The number of hydrogen-bond acceptors (Lipinski definition) is 6. The lowest BCUT2D eigenvalue weighted by atomic mass is 10.0. The Morgan fingerprint density at radius 1 is 0.400 bits per heavy atom. The normalized spacial score (nSPS) is 14.1. The van der Waals surface area contributed by atoms with Crippen LogP contribution in [0.2, 0.25) is 0 Å². The summed E-state index contributed by atoms with van der Waals surface area (Å²) in [7, 11) is 1.27. The minimum Gasteiger partial charge on any atom is -0.756 e. The Balaban J connectivity index is 4.02. The highest BCUT2D eigenvalue weighted by molar-refractivity contribution is 7.45. The van der Waals surface area contributed by atoms with Gasteiger partial charge in [-0.2, -0.15) is 0 Å². The van der Waals surface area contributed by atoms with Crippen LogP contribution >= 0.6 is 7.82 Å². The second-order valence-corrected chi connectivity index (χ2v) is 28.7. The number of likely N-dealkylation sites (N-methyl/N-ethyl adjacent to an activating group) is 1. The third kappa shape index (κ3) is 72.8. The van der Waals surface area contributed by atoms with Crippen molar-refractivity contribution in [3.63, 3.8) is 0 Å². The molecule has 0 aliphatic rings. The molecule has 0 saturated heterocycles. The first-order chi connectivity index (χ1) is 44.0.